The number of halogens is 1. The summed E-state index contributed by atoms with van der Waals surface area (Å²) in [6.07, 6.45) is 0.546. The van der Waals surface area contributed by atoms with Gasteiger partial charge in [0.2, 0.25) is 0 Å². The van der Waals surface area contributed by atoms with Crippen molar-refractivity contribution >= 4 is 11.8 Å². The Labute approximate surface area is 169 Å². The third kappa shape index (κ3) is 4.21. The Hall–Kier alpha value is -2.64. The van der Waals surface area contributed by atoms with E-state index in [-0.39, 0.29) is 18.0 Å². The molecule has 4 rings (SSSR count). The standard InChI is InChI=1S/C22H25FN2O4/c1-28-19-8-6-18(7-9-19)25-15-20(29-21(25)26)14-24-12-10-22(27,11-13-24)16-2-4-17(23)5-3-16/h2-9,20,27H,10-15H2,1H3/t20-/m0/s1. The van der Waals surface area contributed by atoms with Crippen LogP contribution in [0.15, 0.2) is 48.5 Å². The van der Waals surface area contributed by atoms with E-state index >= 15 is 0 Å². The predicted octanol–water partition coefficient (Wildman–Crippen LogP) is 3.14. The molecule has 0 unspecified atom stereocenters. The fourth-order valence-electron chi connectivity index (χ4n) is 4.03. The first-order valence-electron chi connectivity index (χ1n) is 9.80. The minimum absolute atomic E-state index is 0.221. The maximum atomic E-state index is 13.2. The van der Waals surface area contributed by atoms with Gasteiger partial charge in [0, 0.05) is 25.3 Å². The van der Waals surface area contributed by atoms with Crippen LogP contribution in [0.4, 0.5) is 14.9 Å². The lowest BCUT2D eigenvalue weighted by molar-refractivity contribution is -0.0325. The van der Waals surface area contributed by atoms with Crippen LogP contribution in [0.5, 0.6) is 5.75 Å². The highest BCUT2D eigenvalue weighted by molar-refractivity contribution is 5.89. The molecule has 0 aliphatic carbocycles. The SMILES string of the molecule is COc1ccc(N2C[C@H](CN3CCC(O)(c4ccc(F)cc4)CC3)OC2=O)cc1. The van der Waals surface area contributed by atoms with E-state index in [2.05, 4.69) is 4.90 Å². The second-order valence-corrected chi connectivity index (χ2v) is 7.65. The van der Waals surface area contributed by atoms with Gasteiger partial charge < -0.3 is 14.6 Å². The van der Waals surface area contributed by atoms with E-state index in [0.717, 1.165) is 17.0 Å². The molecule has 2 aliphatic rings. The molecule has 6 nitrogen and oxygen atoms in total. The lowest BCUT2D eigenvalue weighted by Crippen LogP contribution is -2.45. The number of amides is 1. The molecule has 2 fully saturated rings. The summed E-state index contributed by atoms with van der Waals surface area (Å²) in [4.78, 5) is 16.1. The Balaban J connectivity index is 1.32. The molecular weight excluding hydrogens is 375 g/mol. The average molecular weight is 400 g/mol. The topological polar surface area (TPSA) is 62.2 Å². The minimum Gasteiger partial charge on any atom is -0.497 e. The van der Waals surface area contributed by atoms with Gasteiger partial charge in [-0.15, -0.1) is 0 Å². The van der Waals surface area contributed by atoms with Gasteiger partial charge in [-0.1, -0.05) is 12.1 Å². The molecule has 0 aromatic heterocycles. The maximum absolute atomic E-state index is 13.2. The highest BCUT2D eigenvalue weighted by Crippen LogP contribution is 2.33. The molecule has 2 aromatic carbocycles. The molecule has 1 atom stereocenters. The van der Waals surface area contributed by atoms with Crippen LogP contribution in [-0.4, -0.2) is 55.5 Å². The van der Waals surface area contributed by atoms with Crippen molar-refractivity contribution in [2.75, 3.05) is 38.2 Å². The first-order chi connectivity index (χ1) is 14.0. The van der Waals surface area contributed by atoms with Crippen LogP contribution in [0.1, 0.15) is 18.4 Å². The van der Waals surface area contributed by atoms with Crippen molar-refractivity contribution in [3.63, 3.8) is 0 Å². The molecule has 0 radical (unpaired) electrons. The third-order valence-corrected chi connectivity index (χ3v) is 5.78. The van der Waals surface area contributed by atoms with Crippen LogP contribution >= 0.6 is 0 Å². The molecule has 0 spiro atoms. The zero-order valence-corrected chi connectivity index (χ0v) is 16.4. The monoisotopic (exact) mass is 400 g/mol. The average Bonchev–Trinajstić information content (AvgIpc) is 3.10. The summed E-state index contributed by atoms with van der Waals surface area (Å²) >= 11 is 0. The number of piperidine rings is 1. The molecular formula is C22H25FN2O4. The molecule has 2 aliphatic heterocycles. The number of rotatable bonds is 5. The van der Waals surface area contributed by atoms with E-state index in [1.54, 1.807) is 24.1 Å². The molecule has 7 heteroatoms. The maximum Gasteiger partial charge on any atom is 0.414 e. The Bertz CT molecular complexity index is 848. The quantitative estimate of drug-likeness (QED) is 0.836. The van der Waals surface area contributed by atoms with E-state index in [9.17, 15) is 14.3 Å². The van der Waals surface area contributed by atoms with Gasteiger partial charge in [0.1, 0.15) is 17.7 Å². The van der Waals surface area contributed by atoms with Gasteiger partial charge in [-0.2, -0.15) is 0 Å². The van der Waals surface area contributed by atoms with Crippen LogP contribution in [0.2, 0.25) is 0 Å². The summed E-state index contributed by atoms with van der Waals surface area (Å²) in [5.74, 6) is 0.430. The van der Waals surface area contributed by atoms with Gasteiger partial charge in [0.05, 0.1) is 19.3 Å². The van der Waals surface area contributed by atoms with Gasteiger partial charge in [-0.25, -0.2) is 9.18 Å². The largest absolute Gasteiger partial charge is 0.497 e. The number of hydrogen-bond acceptors (Lipinski definition) is 5. The predicted molar refractivity (Wildman–Crippen MR) is 107 cm³/mol. The number of hydrogen-bond donors (Lipinski definition) is 1. The molecule has 0 saturated carbocycles. The summed E-state index contributed by atoms with van der Waals surface area (Å²) in [5.41, 5.74) is 0.588. The number of nitrogens with zero attached hydrogens (tertiary/aromatic N) is 2. The fraction of sp³-hybridized carbons (Fsp3) is 0.409. The van der Waals surface area contributed by atoms with Crippen molar-refractivity contribution in [1.82, 2.24) is 4.90 Å². The first-order valence-corrected chi connectivity index (χ1v) is 9.80. The second-order valence-electron chi connectivity index (χ2n) is 7.65. The Morgan fingerprint density at radius 2 is 1.79 bits per heavy atom. The molecule has 154 valence electrons. The molecule has 2 heterocycles. The highest BCUT2D eigenvalue weighted by atomic mass is 19.1. The highest BCUT2D eigenvalue weighted by Gasteiger charge is 2.37. The zero-order valence-electron chi connectivity index (χ0n) is 16.4. The van der Waals surface area contributed by atoms with Crippen molar-refractivity contribution in [3.8, 4) is 5.75 Å². The van der Waals surface area contributed by atoms with Crippen molar-refractivity contribution in [2.45, 2.75) is 24.5 Å². The second kappa shape index (κ2) is 8.00. The van der Waals surface area contributed by atoms with Gasteiger partial charge in [-0.05, 0) is 54.8 Å². The van der Waals surface area contributed by atoms with Crippen molar-refractivity contribution in [3.05, 3.63) is 59.9 Å². The molecule has 1 N–H and O–H groups in total. The Kier molecular flexibility index (Phi) is 5.43. The number of benzene rings is 2. The molecule has 29 heavy (non-hydrogen) atoms. The lowest BCUT2D eigenvalue weighted by atomic mass is 9.84. The van der Waals surface area contributed by atoms with Gasteiger partial charge >= 0.3 is 6.09 Å². The van der Waals surface area contributed by atoms with Crippen molar-refractivity contribution < 1.29 is 23.8 Å². The van der Waals surface area contributed by atoms with Crippen LogP contribution in [0.25, 0.3) is 0 Å². The van der Waals surface area contributed by atoms with Gasteiger partial charge in [0.25, 0.3) is 0 Å². The van der Waals surface area contributed by atoms with E-state index in [1.165, 1.54) is 12.1 Å². The van der Waals surface area contributed by atoms with Gasteiger partial charge in [-0.3, -0.25) is 9.80 Å². The number of carbonyl (C=O) groups is 1. The molecule has 2 saturated heterocycles. The Morgan fingerprint density at radius 1 is 1.14 bits per heavy atom. The van der Waals surface area contributed by atoms with Crippen LogP contribution in [0, 0.1) is 5.82 Å². The van der Waals surface area contributed by atoms with E-state index in [1.807, 2.05) is 24.3 Å². The van der Waals surface area contributed by atoms with Crippen LogP contribution in [-0.2, 0) is 10.3 Å². The number of cyclic esters (lactones) is 1. The number of aliphatic hydroxyl groups is 1. The smallest absolute Gasteiger partial charge is 0.414 e. The molecule has 0 bridgehead atoms. The summed E-state index contributed by atoms with van der Waals surface area (Å²) in [5, 5.41) is 10.9. The number of ether oxygens (including phenoxy) is 2. The lowest BCUT2D eigenvalue weighted by Gasteiger charge is -2.39. The van der Waals surface area contributed by atoms with E-state index < -0.39 is 5.60 Å². The fourth-order valence-corrected chi connectivity index (χ4v) is 4.03. The molecule has 2 aromatic rings. The van der Waals surface area contributed by atoms with Crippen molar-refractivity contribution in [2.24, 2.45) is 0 Å². The Morgan fingerprint density at radius 3 is 2.41 bits per heavy atom. The molecule has 1 amide bonds. The van der Waals surface area contributed by atoms with E-state index in [0.29, 0.717) is 39.0 Å². The normalized spacial score (nSPS) is 21.8. The van der Waals surface area contributed by atoms with Crippen LogP contribution < -0.4 is 9.64 Å². The summed E-state index contributed by atoms with van der Waals surface area (Å²) < 4.78 is 23.9. The van der Waals surface area contributed by atoms with Crippen LogP contribution in [0.3, 0.4) is 0 Å². The van der Waals surface area contributed by atoms with Gasteiger partial charge in [0.15, 0.2) is 0 Å². The van der Waals surface area contributed by atoms with E-state index in [4.69, 9.17) is 9.47 Å². The summed E-state index contributed by atoms with van der Waals surface area (Å²) in [6, 6.07) is 13.4. The first kappa shape index (κ1) is 19.7. The number of likely N-dealkylation sites (tertiary alicyclic amines) is 1. The summed E-state index contributed by atoms with van der Waals surface area (Å²) in [6.45, 7) is 2.48. The number of anilines is 1. The summed E-state index contributed by atoms with van der Waals surface area (Å²) in [7, 11) is 1.60. The number of methoxy groups -OCH3 is 1. The minimum atomic E-state index is -0.939. The van der Waals surface area contributed by atoms with Crippen molar-refractivity contribution in [1.29, 1.82) is 0 Å². The zero-order chi connectivity index (χ0) is 20.4. The number of carbonyl (C=O) groups excluding carboxylic acids is 1. The third-order valence-electron chi connectivity index (χ3n) is 5.78.